The molecule has 0 aliphatic rings. The second-order valence-electron chi connectivity index (χ2n) is 5.14. The Morgan fingerprint density at radius 2 is 1.95 bits per heavy atom. The second kappa shape index (κ2) is 6.65. The Labute approximate surface area is 126 Å². The maximum Gasteiger partial charge on any atom is 0.363 e. The minimum Gasteiger partial charge on any atom is -0.455 e. The van der Waals surface area contributed by atoms with Gasteiger partial charge in [-0.25, -0.2) is 4.79 Å². The van der Waals surface area contributed by atoms with Crippen LogP contribution in [0.1, 0.15) is 27.7 Å². The molecule has 1 rings (SSSR count). The van der Waals surface area contributed by atoms with Gasteiger partial charge in [-0.1, -0.05) is 22.0 Å². The number of hydrogen-bond acceptors (Lipinski definition) is 5. The van der Waals surface area contributed by atoms with Gasteiger partial charge in [-0.2, -0.15) is 5.10 Å². The van der Waals surface area contributed by atoms with E-state index in [2.05, 4.69) is 26.5 Å². The van der Waals surface area contributed by atoms with Crippen LogP contribution >= 0.6 is 15.9 Å². The molecule has 1 aromatic rings. The summed E-state index contributed by atoms with van der Waals surface area (Å²) in [7, 11) is 0. The third kappa shape index (κ3) is 5.52. The molecule has 0 unspecified atom stereocenters. The fraction of sp³-hybridized carbons (Fsp3) is 0.357. The largest absolute Gasteiger partial charge is 0.455 e. The monoisotopic (exact) mass is 340 g/mol. The molecule has 1 N–H and O–H groups in total. The quantitative estimate of drug-likeness (QED) is 0.395. The average Bonchev–Trinajstić information content (AvgIpc) is 2.26. The van der Waals surface area contributed by atoms with E-state index in [0.717, 1.165) is 4.47 Å². The summed E-state index contributed by atoms with van der Waals surface area (Å²) in [6.45, 7) is 6.45. The van der Waals surface area contributed by atoms with Gasteiger partial charge in [0, 0.05) is 11.4 Å². The Hall–Kier alpha value is -1.69. The zero-order chi connectivity index (χ0) is 15.3. The molecule has 0 aromatic heterocycles. The number of carbonyl (C=O) groups is 2. The Morgan fingerprint density at radius 1 is 1.30 bits per heavy atom. The predicted octanol–water partition coefficient (Wildman–Crippen LogP) is 3.15. The minimum absolute atomic E-state index is 0.264. The fourth-order valence-corrected chi connectivity index (χ4v) is 1.67. The number of anilines is 1. The van der Waals surface area contributed by atoms with Crippen LogP contribution in [0, 0.1) is 0 Å². The van der Waals surface area contributed by atoms with E-state index in [0.29, 0.717) is 5.69 Å². The van der Waals surface area contributed by atoms with Gasteiger partial charge in [0.1, 0.15) is 5.60 Å². The van der Waals surface area contributed by atoms with Gasteiger partial charge in [0.05, 0.1) is 5.69 Å². The van der Waals surface area contributed by atoms with Crippen LogP contribution in [-0.4, -0.2) is 23.1 Å². The van der Waals surface area contributed by atoms with Crippen molar-refractivity contribution in [2.45, 2.75) is 33.3 Å². The molecule has 0 fully saturated rings. The molecular formula is C14H17BrN2O3. The van der Waals surface area contributed by atoms with Crippen LogP contribution in [0.3, 0.4) is 0 Å². The van der Waals surface area contributed by atoms with Crippen molar-refractivity contribution in [1.29, 1.82) is 0 Å². The molecule has 0 radical (unpaired) electrons. The molecule has 108 valence electrons. The van der Waals surface area contributed by atoms with Crippen molar-refractivity contribution < 1.29 is 14.3 Å². The summed E-state index contributed by atoms with van der Waals surface area (Å²) in [5, 5.41) is 3.84. The number of carbonyl (C=O) groups excluding carboxylic acids is 2. The van der Waals surface area contributed by atoms with Gasteiger partial charge >= 0.3 is 5.97 Å². The lowest BCUT2D eigenvalue weighted by Crippen LogP contribution is -2.32. The molecule has 0 aliphatic heterocycles. The number of esters is 1. The smallest absolute Gasteiger partial charge is 0.363 e. The Kier molecular flexibility index (Phi) is 5.44. The zero-order valence-electron chi connectivity index (χ0n) is 11.9. The van der Waals surface area contributed by atoms with E-state index in [9.17, 15) is 9.59 Å². The minimum atomic E-state index is -0.743. The van der Waals surface area contributed by atoms with Gasteiger partial charge < -0.3 is 4.74 Å². The standard InChI is InChI=1S/C14H17BrN2O3/c1-9(18)12(13(19)20-14(2,3)4)17-16-11-7-5-6-10(15)8-11/h5-8,16H,1-4H3. The van der Waals surface area contributed by atoms with E-state index < -0.39 is 17.4 Å². The Balaban J connectivity index is 2.88. The third-order valence-electron chi connectivity index (χ3n) is 2.05. The summed E-state index contributed by atoms with van der Waals surface area (Å²) < 4.78 is 5.99. The van der Waals surface area contributed by atoms with E-state index in [4.69, 9.17) is 4.74 Å². The number of Topliss-reactive ketones (excluding diaryl/α,β-unsaturated/α-hetero) is 1. The lowest BCUT2D eigenvalue weighted by atomic mass is 10.2. The van der Waals surface area contributed by atoms with Crippen molar-refractivity contribution in [2.75, 3.05) is 5.43 Å². The maximum absolute atomic E-state index is 11.9. The van der Waals surface area contributed by atoms with Crippen LogP contribution in [-0.2, 0) is 14.3 Å². The molecule has 0 bridgehead atoms. The molecule has 5 nitrogen and oxygen atoms in total. The Morgan fingerprint density at radius 3 is 2.45 bits per heavy atom. The van der Waals surface area contributed by atoms with Crippen LogP contribution in [0.2, 0.25) is 0 Å². The first kappa shape index (κ1) is 16.4. The summed E-state index contributed by atoms with van der Waals surface area (Å²) in [5.41, 5.74) is 2.38. The summed E-state index contributed by atoms with van der Waals surface area (Å²) in [6, 6.07) is 7.20. The zero-order valence-corrected chi connectivity index (χ0v) is 13.4. The SMILES string of the molecule is CC(=O)C(=NNc1cccc(Br)c1)C(=O)OC(C)(C)C. The number of ketones is 1. The van der Waals surface area contributed by atoms with E-state index in [1.165, 1.54) is 6.92 Å². The number of ether oxygens (including phenoxy) is 1. The highest BCUT2D eigenvalue weighted by Crippen LogP contribution is 2.15. The highest BCUT2D eigenvalue weighted by molar-refractivity contribution is 9.10. The number of halogens is 1. The number of hydrogen-bond donors (Lipinski definition) is 1. The molecule has 0 atom stereocenters. The highest BCUT2D eigenvalue weighted by Gasteiger charge is 2.24. The fourth-order valence-electron chi connectivity index (χ4n) is 1.27. The lowest BCUT2D eigenvalue weighted by Gasteiger charge is -2.19. The first-order valence-electron chi connectivity index (χ1n) is 6.02. The normalized spacial score (nSPS) is 11.9. The van der Waals surface area contributed by atoms with Crippen LogP contribution in [0.15, 0.2) is 33.8 Å². The molecule has 0 saturated heterocycles. The van der Waals surface area contributed by atoms with E-state index in [1.807, 2.05) is 12.1 Å². The van der Waals surface area contributed by atoms with Gasteiger partial charge in [0.15, 0.2) is 5.78 Å². The van der Waals surface area contributed by atoms with Crippen LogP contribution in [0.5, 0.6) is 0 Å². The van der Waals surface area contributed by atoms with E-state index >= 15 is 0 Å². The molecule has 0 saturated carbocycles. The topological polar surface area (TPSA) is 67.8 Å². The summed E-state index contributed by atoms with van der Waals surface area (Å²) in [6.07, 6.45) is 0. The number of benzene rings is 1. The average molecular weight is 341 g/mol. The summed E-state index contributed by atoms with van der Waals surface area (Å²) in [5.74, 6) is -1.20. The van der Waals surface area contributed by atoms with E-state index in [-0.39, 0.29) is 5.71 Å². The van der Waals surface area contributed by atoms with Crippen LogP contribution in [0.4, 0.5) is 5.69 Å². The highest BCUT2D eigenvalue weighted by atomic mass is 79.9. The van der Waals surface area contributed by atoms with Crippen molar-refractivity contribution in [3.05, 3.63) is 28.7 Å². The van der Waals surface area contributed by atoms with Gasteiger partial charge in [-0.3, -0.25) is 10.2 Å². The molecule has 0 spiro atoms. The third-order valence-corrected chi connectivity index (χ3v) is 2.54. The number of nitrogens with one attached hydrogen (secondary N) is 1. The number of hydrazone groups is 1. The van der Waals surface area contributed by atoms with Crippen molar-refractivity contribution >= 4 is 39.1 Å². The predicted molar refractivity (Wildman–Crippen MR) is 81.7 cm³/mol. The number of rotatable bonds is 4. The van der Waals surface area contributed by atoms with Gasteiger partial charge in [-0.05, 0) is 39.0 Å². The molecule has 0 aliphatic carbocycles. The van der Waals surface area contributed by atoms with Crippen molar-refractivity contribution in [3.63, 3.8) is 0 Å². The van der Waals surface area contributed by atoms with Crippen molar-refractivity contribution in [2.24, 2.45) is 5.10 Å². The molecule has 6 heteroatoms. The van der Waals surface area contributed by atoms with Gasteiger partial charge in [0.25, 0.3) is 0 Å². The number of nitrogens with zero attached hydrogens (tertiary/aromatic N) is 1. The first-order valence-corrected chi connectivity index (χ1v) is 6.82. The van der Waals surface area contributed by atoms with Crippen LogP contribution < -0.4 is 5.43 Å². The van der Waals surface area contributed by atoms with Crippen molar-refractivity contribution in [1.82, 2.24) is 0 Å². The summed E-state index contributed by atoms with van der Waals surface area (Å²) in [4.78, 5) is 23.3. The second-order valence-corrected chi connectivity index (χ2v) is 6.06. The molecule has 0 heterocycles. The van der Waals surface area contributed by atoms with Gasteiger partial charge in [0.2, 0.25) is 5.71 Å². The molecule has 20 heavy (non-hydrogen) atoms. The Bertz CT molecular complexity index is 548. The molecule has 0 amide bonds. The first-order chi connectivity index (χ1) is 9.19. The van der Waals surface area contributed by atoms with Crippen molar-refractivity contribution in [3.8, 4) is 0 Å². The van der Waals surface area contributed by atoms with Crippen LogP contribution in [0.25, 0.3) is 0 Å². The van der Waals surface area contributed by atoms with E-state index in [1.54, 1.807) is 32.9 Å². The lowest BCUT2D eigenvalue weighted by molar-refractivity contribution is -0.146. The summed E-state index contributed by atoms with van der Waals surface area (Å²) >= 11 is 3.32. The molecule has 1 aromatic carbocycles. The maximum atomic E-state index is 11.9. The molecular weight excluding hydrogens is 324 g/mol. The van der Waals surface area contributed by atoms with Gasteiger partial charge in [-0.15, -0.1) is 0 Å².